The molecule has 2 aromatic rings. The summed E-state index contributed by atoms with van der Waals surface area (Å²) in [6.45, 7) is 7.60. The van der Waals surface area contributed by atoms with Gasteiger partial charge in [0.05, 0.1) is 16.6 Å². The number of fused-ring (bicyclic) bond motifs is 1. The molecule has 0 spiro atoms. The lowest BCUT2D eigenvalue weighted by Crippen LogP contribution is -2.36. The Balaban J connectivity index is 2.56. The minimum atomic E-state index is -1.04. The van der Waals surface area contributed by atoms with E-state index in [1.807, 2.05) is 20.8 Å². The number of carboxylic acids is 1. The van der Waals surface area contributed by atoms with Crippen LogP contribution in [0.1, 0.15) is 54.9 Å². The summed E-state index contributed by atoms with van der Waals surface area (Å²) in [5, 5.41) is 13.5. The van der Waals surface area contributed by atoms with Crippen LogP contribution < -0.4 is 0 Å². The van der Waals surface area contributed by atoms with Crippen LogP contribution in [0.5, 0.6) is 0 Å². The van der Waals surface area contributed by atoms with Gasteiger partial charge in [-0.05, 0) is 25.3 Å². The fourth-order valence-corrected chi connectivity index (χ4v) is 2.43. The molecule has 23 heavy (non-hydrogen) atoms. The minimum Gasteiger partial charge on any atom is -0.480 e. The summed E-state index contributed by atoms with van der Waals surface area (Å²) in [6, 6.07) is 1.71. The van der Waals surface area contributed by atoms with Crippen molar-refractivity contribution in [1.29, 1.82) is 0 Å². The molecular formula is C16H21N3O4. The Kier molecular flexibility index (Phi) is 4.98. The monoisotopic (exact) mass is 319 g/mol. The van der Waals surface area contributed by atoms with Crippen LogP contribution in [0, 0.1) is 6.92 Å². The number of nitrogens with zero attached hydrogens (tertiary/aromatic N) is 3. The summed E-state index contributed by atoms with van der Waals surface area (Å²) < 4.78 is 5.20. The Morgan fingerprint density at radius 1 is 1.39 bits per heavy atom. The number of aryl methyl sites for hydroxylation is 1. The summed E-state index contributed by atoms with van der Waals surface area (Å²) >= 11 is 0. The number of hydrogen-bond donors (Lipinski definition) is 1. The molecule has 2 heterocycles. The van der Waals surface area contributed by atoms with Crippen molar-refractivity contribution in [2.24, 2.45) is 0 Å². The molecule has 1 amide bonds. The lowest BCUT2D eigenvalue weighted by molar-refractivity contribution is -0.137. The second kappa shape index (κ2) is 6.76. The first kappa shape index (κ1) is 16.9. The van der Waals surface area contributed by atoms with Gasteiger partial charge in [0.15, 0.2) is 0 Å². The summed E-state index contributed by atoms with van der Waals surface area (Å²) in [7, 11) is 0. The third-order valence-electron chi connectivity index (χ3n) is 3.57. The van der Waals surface area contributed by atoms with E-state index in [-0.39, 0.29) is 18.4 Å². The van der Waals surface area contributed by atoms with Crippen LogP contribution in [0.15, 0.2) is 10.6 Å². The highest BCUT2D eigenvalue weighted by molar-refractivity contribution is 6.06. The number of aliphatic carboxylic acids is 1. The van der Waals surface area contributed by atoms with Crippen molar-refractivity contribution in [3.05, 3.63) is 23.0 Å². The zero-order chi connectivity index (χ0) is 17.1. The molecular weight excluding hydrogens is 298 g/mol. The van der Waals surface area contributed by atoms with Crippen molar-refractivity contribution in [3.8, 4) is 0 Å². The molecule has 0 unspecified atom stereocenters. The number of hydrogen-bond acceptors (Lipinski definition) is 5. The summed E-state index contributed by atoms with van der Waals surface area (Å²) in [5.41, 5.74) is 1.98. The zero-order valence-electron chi connectivity index (χ0n) is 13.8. The van der Waals surface area contributed by atoms with Crippen molar-refractivity contribution in [2.45, 2.75) is 40.0 Å². The molecule has 0 aromatic carbocycles. The van der Waals surface area contributed by atoms with Gasteiger partial charge in [-0.1, -0.05) is 25.9 Å². The van der Waals surface area contributed by atoms with Gasteiger partial charge >= 0.3 is 5.97 Å². The average Bonchev–Trinajstić information content (AvgIpc) is 2.86. The van der Waals surface area contributed by atoms with E-state index in [4.69, 9.17) is 9.63 Å². The highest BCUT2D eigenvalue weighted by Gasteiger charge is 2.24. The maximum Gasteiger partial charge on any atom is 0.323 e. The van der Waals surface area contributed by atoms with E-state index in [0.717, 1.165) is 0 Å². The SMILES string of the molecule is CCCN(CC(=O)O)C(=O)c1cc(C(C)C)nc2onc(C)c12. The molecule has 2 rings (SSSR count). The van der Waals surface area contributed by atoms with Gasteiger partial charge in [-0.15, -0.1) is 0 Å². The van der Waals surface area contributed by atoms with Gasteiger partial charge in [-0.3, -0.25) is 9.59 Å². The highest BCUT2D eigenvalue weighted by atomic mass is 16.5. The minimum absolute atomic E-state index is 0.107. The van der Waals surface area contributed by atoms with Crippen LogP contribution in [-0.4, -0.2) is 45.1 Å². The fraction of sp³-hybridized carbons (Fsp3) is 0.500. The van der Waals surface area contributed by atoms with Crippen LogP contribution in [-0.2, 0) is 4.79 Å². The summed E-state index contributed by atoms with van der Waals surface area (Å²) in [4.78, 5) is 29.6. The maximum absolute atomic E-state index is 12.9. The van der Waals surface area contributed by atoms with E-state index in [1.165, 1.54) is 4.90 Å². The summed E-state index contributed by atoms with van der Waals surface area (Å²) in [5.74, 6) is -1.27. The number of amides is 1. The Labute approximate surface area is 134 Å². The van der Waals surface area contributed by atoms with Gasteiger partial charge in [0.2, 0.25) is 0 Å². The molecule has 1 N–H and O–H groups in total. The molecule has 0 saturated heterocycles. The third kappa shape index (κ3) is 3.49. The molecule has 0 aliphatic rings. The van der Waals surface area contributed by atoms with Crippen molar-refractivity contribution in [3.63, 3.8) is 0 Å². The predicted octanol–water partition coefficient (Wildman–Crippen LogP) is 2.59. The first-order valence-electron chi connectivity index (χ1n) is 7.63. The first-order chi connectivity index (χ1) is 10.8. The number of carboxylic acid groups (broad SMARTS) is 1. The molecule has 0 aliphatic carbocycles. The molecule has 0 atom stereocenters. The van der Waals surface area contributed by atoms with Crippen LogP contribution >= 0.6 is 0 Å². The van der Waals surface area contributed by atoms with Crippen molar-refractivity contribution < 1.29 is 19.2 Å². The largest absolute Gasteiger partial charge is 0.480 e. The van der Waals surface area contributed by atoms with Gasteiger partial charge in [0.25, 0.3) is 11.6 Å². The predicted molar refractivity (Wildman–Crippen MR) is 84.5 cm³/mol. The normalized spacial score (nSPS) is 11.2. The highest BCUT2D eigenvalue weighted by Crippen LogP contribution is 2.26. The number of carbonyl (C=O) groups is 2. The van der Waals surface area contributed by atoms with Crippen LogP contribution in [0.3, 0.4) is 0 Å². The molecule has 124 valence electrons. The van der Waals surface area contributed by atoms with Crippen LogP contribution in [0.2, 0.25) is 0 Å². The molecule has 7 nitrogen and oxygen atoms in total. The van der Waals surface area contributed by atoms with E-state index < -0.39 is 5.97 Å². The lowest BCUT2D eigenvalue weighted by atomic mass is 10.0. The Bertz CT molecular complexity index is 736. The molecule has 0 radical (unpaired) electrons. The second-order valence-corrected chi connectivity index (χ2v) is 5.82. The Morgan fingerprint density at radius 2 is 2.09 bits per heavy atom. The Hall–Kier alpha value is -2.44. The third-order valence-corrected chi connectivity index (χ3v) is 3.57. The standard InChI is InChI=1S/C16H21N3O4/c1-5-6-19(8-13(20)21)16(22)11-7-12(9(2)3)17-15-14(11)10(4)18-23-15/h7,9H,5-6,8H2,1-4H3,(H,20,21). The van der Waals surface area contributed by atoms with E-state index in [2.05, 4.69) is 10.1 Å². The average molecular weight is 319 g/mol. The van der Waals surface area contributed by atoms with Crippen molar-refractivity contribution in [2.75, 3.05) is 13.1 Å². The van der Waals surface area contributed by atoms with Gasteiger partial charge in [0, 0.05) is 12.2 Å². The molecule has 0 fully saturated rings. The van der Waals surface area contributed by atoms with Crippen molar-refractivity contribution >= 4 is 23.0 Å². The lowest BCUT2D eigenvalue weighted by Gasteiger charge is -2.20. The van der Waals surface area contributed by atoms with Crippen LogP contribution in [0.4, 0.5) is 0 Å². The first-order valence-corrected chi connectivity index (χ1v) is 7.63. The second-order valence-electron chi connectivity index (χ2n) is 5.82. The molecule has 7 heteroatoms. The number of rotatable bonds is 6. The zero-order valence-corrected chi connectivity index (χ0v) is 13.8. The van der Waals surface area contributed by atoms with E-state index >= 15 is 0 Å². The molecule has 0 aliphatic heterocycles. The molecule has 0 saturated carbocycles. The van der Waals surface area contributed by atoms with Gasteiger partial charge < -0.3 is 14.5 Å². The molecule has 0 bridgehead atoms. The number of pyridine rings is 1. The smallest absolute Gasteiger partial charge is 0.323 e. The summed E-state index contributed by atoms with van der Waals surface area (Å²) in [6.07, 6.45) is 0.674. The van der Waals surface area contributed by atoms with Crippen molar-refractivity contribution in [1.82, 2.24) is 15.0 Å². The maximum atomic E-state index is 12.9. The topological polar surface area (TPSA) is 96.5 Å². The number of aromatic nitrogens is 2. The fourth-order valence-electron chi connectivity index (χ4n) is 2.43. The van der Waals surface area contributed by atoms with Gasteiger partial charge in [0.1, 0.15) is 6.54 Å². The van der Waals surface area contributed by atoms with E-state index in [1.54, 1.807) is 13.0 Å². The van der Waals surface area contributed by atoms with Gasteiger partial charge in [-0.2, -0.15) is 0 Å². The molecule has 2 aromatic heterocycles. The van der Waals surface area contributed by atoms with Gasteiger partial charge in [-0.25, -0.2) is 4.98 Å². The van der Waals surface area contributed by atoms with E-state index in [0.29, 0.717) is 41.0 Å². The van der Waals surface area contributed by atoms with Crippen LogP contribution in [0.25, 0.3) is 11.1 Å². The van der Waals surface area contributed by atoms with E-state index in [9.17, 15) is 9.59 Å². The number of carbonyl (C=O) groups excluding carboxylic acids is 1. The Morgan fingerprint density at radius 3 is 2.65 bits per heavy atom. The quantitative estimate of drug-likeness (QED) is 0.879.